The molecule has 0 aliphatic carbocycles. The van der Waals surface area contributed by atoms with E-state index in [2.05, 4.69) is 10.6 Å². The second-order valence-corrected chi connectivity index (χ2v) is 11.0. The van der Waals surface area contributed by atoms with Gasteiger partial charge in [-0.2, -0.15) is 0 Å². The van der Waals surface area contributed by atoms with Gasteiger partial charge in [0.25, 0.3) is 15.9 Å². The van der Waals surface area contributed by atoms with Gasteiger partial charge in [-0.05, 0) is 43.7 Å². The number of halogens is 1. The lowest BCUT2D eigenvalue weighted by Gasteiger charge is -2.30. The molecule has 190 valence electrons. The summed E-state index contributed by atoms with van der Waals surface area (Å²) < 4.78 is 52.3. The topological polar surface area (TPSA) is 126 Å². The van der Waals surface area contributed by atoms with Gasteiger partial charge in [-0.1, -0.05) is 0 Å². The van der Waals surface area contributed by atoms with Crippen LogP contribution in [0.4, 0.5) is 26.2 Å². The molecular formula is C23H23FN4O6S2. The summed E-state index contributed by atoms with van der Waals surface area (Å²) in [5, 5.41) is 5.20. The second-order valence-electron chi connectivity index (χ2n) is 7.85. The number of rotatable bonds is 6. The number of hydrogen-bond acceptors (Lipinski definition) is 8. The highest BCUT2D eigenvalue weighted by molar-refractivity contribution is 7.92. The fourth-order valence-corrected chi connectivity index (χ4v) is 5.83. The quantitative estimate of drug-likeness (QED) is 0.435. The number of hydrogen-bond donors (Lipinski definition) is 3. The number of carbonyl (C=O) groups is 2. The lowest BCUT2D eigenvalue weighted by Crippen LogP contribution is -2.39. The predicted molar refractivity (Wildman–Crippen MR) is 134 cm³/mol. The van der Waals surface area contributed by atoms with Crippen molar-refractivity contribution in [2.75, 3.05) is 36.4 Å². The van der Waals surface area contributed by atoms with Crippen LogP contribution in [0.15, 0.2) is 40.6 Å². The summed E-state index contributed by atoms with van der Waals surface area (Å²) in [5.74, 6) is -0.639. The van der Waals surface area contributed by atoms with Gasteiger partial charge in [0.05, 0.1) is 29.7 Å². The Balaban J connectivity index is 1.58. The molecule has 10 nitrogen and oxygen atoms in total. The Morgan fingerprint density at radius 3 is 2.58 bits per heavy atom. The highest BCUT2D eigenvalue weighted by Gasteiger charge is 2.30. The molecule has 0 atom stereocenters. The highest BCUT2D eigenvalue weighted by atomic mass is 32.2. The second kappa shape index (κ2) is 9.66. The van der Waals surface area contributed by atoms with Gasteiger partial charge in [-0.3, -0.25) is 9.69 Å². The van der Waals surface area contributed by atoms with E-state index in [1.807, 2.05) is 4.72 Å². The standard InChI is InChI=1S/C23H23FN4O6S2/c1-12-7-14(28-11-34-18-10-17(25-3)16(24)9-15(18)22(28)29)8-19(33-4)21(12)26-23(30)27-36(31,32)20-6-5-13(2)35-20/h5-10,25H,11H2,1-4H3,(H2,26,27,30). The zero-order chi connectivity index (χ0) is 26.2. The Kier molecular flexibility index (Phi) is 6.78. The number of ether oxygens (including phenoxy) is 2. The van der Waals surface area contributed by atoms with Crippen LogP contribution in [-0.4, -0.2) is 41.2 Å². The number of sulfonamides is 1. The molecule has 1 aliphatic heterocycles. The largest absolute Gasteiger partial charge is 0.494 e. The maximum atomic E-state index is 14.3. The fraction of sp³-hybridized carbons (Fsp3) is 0.217. The van der Waals surface area contributed by atoms with E-state index < -0.39 is 27.8 Å². The molecule has 4 rings (SSSR count). The Morgan fingerprint density at radius 2 is 1.94 bits per heavy atom. The first-order valence-electron chi connectivity index (χ1n) is 10.6. The lowest BCUT2D eigenvalue weighted by molar-refractivity contribution is 0.0936. The molecule has 2 heterocycles. The monoisotopic (exact) mass is 534 g/mol. The van der Waals surface area contributed by atoms with Crippen molar-refractivity contribution in [3.63, 3.8) is 0 Å². The van der Waals surface area contributed by atoms with Crippen LogP contribution in [0.2, 0.25) is 0 Å². The minimum Gasteiger partial charge on any atom is -0.494 e. The summed E-state index contributed by atoms with van der Waals surface area (Å²) in [4.78, 5) is 27.7. The smallest absolute Gasteiger partial charge is 0.333 e. The Labute approximate surface area is 211 Å². The summed E-state index contributed by atoms with van der Waals surface area (Å²) in [7, 11) is -1.12. The van der Waals surface area contributed by atoms with Gasteiger partial charge in [-0.15, -0.1) is 11.3 Å². The van der Waals surface area contributed by atoms with Gasteiger partial charge >= 0.3 is 6.03 Å². The highest BCUT2D eigenvalue weighted by Crippen LogP contribution is 2.37. The number of nitrogens with one attached hydrogen (secondary N) is 3. The van der Waals surface area contributed by atoms with E-state index in [9.17, 15) is 22.4 Å². The summed E-state index contributed by atoms with van der Waals surface area (Å²) in [6.07, 6.45) is 0. The maximum Gasteiger partial charge on any atom is 0.333 e. The van der Waals surface area contributed by atoms with Crippen LogP contribution in [0, 0.1) is 19.7 Å². The zero-order valence-corrected chi connectivity index (χ0v) is 21.4. The average molecular weight is 535 g/mol. The number of nitrogens with zero attached hydrogens (tertiary/aromatic N) is 1. The van der Waals surface area contributed by atoms with Crippen LogP contribution in [0.1, 0.15) is 20.8 Å². The van der Waals surface area contributed by atoms with E-state index in [1.54, 1.807) is 33.0 Å². The molecule has 1 aromatic heterocycles. The molecule has 3 aromatic rings. The van der Waals surface area contributed by atoms with E-state index in [4.69, 9.17) is 9.47 Å². The summed E-state index contributed by atoms with van der Waals surface area (Å²) in [6, 6.07) is 7.69. The first-order chi connectivity index (χ1) is 17.0. The fourth-order valence-electron chi connectivity index (χ4n) is 3.64. The average Bonchev–Trinajstić information content (AvgIpc) is 3.27. The SMILES string of the molecule is CNc1cc2c(cc1F)C(=O)N(c1cc(C)c(NC(=O)NS(=O)(=O)c3ccc(C)s3)c(OC)c1)CO2. The van der Waals surface area contributed by atoms with Crippen LogP contribution < -0.4 is 29.7 Å². The number of carbonyl (C=O) groups excluding carboxylic acids is 2. The van der Waals surface area contributed by atoms with Crippen molar-refractivity contribution in [3.05, 3.63) is 58.2 Å². The number of aryl methyl sites for hydroxylation is 2. The molecular weight excluding hydrogens is 511 g/mol. The third-order valence-electron chi connectivity index (χ3n) is 5.43. The van der Waals surface area contributed by atoms with E-state index in [-0.39, 0.29) is 39.4 Å². The van der Waals surface area contributed by atoms with E-state index in [0.717, 1.165) is 22.3 Å². The van der Waals surface area contributed by atoms with Gasteiger partial charge in [-0.25, -0.2) is 22.3 Å². The molecule has 0 saturated carbocycles. The van der Waals surface area contributed by atoms with Crippen molar-refractivity contribution in [1.82, 2.24) is 4.72 Å². The maximum absolute atomic E-state index is 14.3. The molecule has 36 heavy (non-hydrogen) atoms. The van der Waals surface area contributed by atoms with Gasteiger partial charge in [0, 0.05) is 24.1 Å². The molecule has 13 heteroatoms. The van der Waals surface area contributed by atoms with Crippen LogP contribution in [0.25, 0.3) is 0 Å². The van der Waals surface area contributed by atoms with Crippen molar-refractivity contribution in [2.24, 2.45) is 0 Å². The summed E-state index contributed by atoms with van der Waals surface area (Å²) >= 11 is 1.04. The first-order valence-corrected chi connectivity index (χ1v) is 12.9. The lowest BCUT2D eigenvalue weighted by atomic mass is 10.1. The number of methoxy groups -OCH3 is 1. The van der Waals surface area contributed by atoms with Crippen molar-refractivity contribution >= 4 is 50.4 Å². The third kappa shape index (κ3) is 4.79. The minimum absolute atomic E-state index is 0.0105. The van der Waals surface area contributed by atoms with Crippen LogP contribution in [0.3, 0.4) is 0 Å². The number of fused-ring (bicyclic) bond motifs is 1. The Morgan fingerprint density at radius 1 is 1.19 bits per heavy atom. The summed E-state index contributed by atoms with van der Waals surface area (Å²) in [5.41, 5.74) is 1.35. The van der Waals surface area contributed by atoms with E-state index in [1.165, 1.54) is 30.2 Å². The van der Waals surface area contributed by atoms with Crippen LogP contribution in [-0.2, 0) is 10.0 Å². The number of anilines is 3. The molecule has 3 amide bonds. The van der Waals surface area contributed by atoms with Gasteiger partial charge in [0.1, 0.15) is 21.5 Å². The third-order valence-corrected chi connectivity index (χ3v) is 8.25. The van der Waals surface area contributed by atoms with Crippen molar-refractivity contribution < 1.29 is 31.9 Å². The molecule has 0 spiro atoms. The van der Waals surface area contributed by atoms with Crippen molar-refractivity contribution in [1.29, 1.82) is 0 Å². The normalized spacial score (nSPS) is 13.0. The molecule has 0 radical (unpaired) electrons. The van der Waals surface area contributed by atoms with Crippen molar-refractivity contribution in [3.8, 4) is 11.5 Å². The first kappa shape index (κ1) is 25.3. The molecule has 0 fully saturated rings. The van der Waals surface area contributed by atoms with Gasteiger partial charge in [0.2, 0.25) is 0 Å². The number of thiophene rings is 1. The van der Waals surface area contributed by atoms with E-state index in [0.29, 0.717) is 11.3 Å². The zero-order valence-electron chi connectivity index (χ0n) is 19.8. The molecule has 2 aromatic carbocycles. The Bertz CT molecular complexity index is 1470. The predicted octanol–water partition coefficient (Wildman–Crippen LogP) is 4.06. The number of benzene rings is 2. The van der Waals surface area contributed by atoms with Gasteiger partial charge in [0.15, 0.2) is 6.73 Å². The molecule has 0 bridgehead atoms. The number of amides is 3. The molecule has 0 unspecified atom stereocenters. The van der Waals surface area contributed by atoms with E-state index >= 15 is 0 Å². The minimum atomic E-state index is -4.05. The number of urea groups is 1. The molecule has 1 aliphatic rings. The Hall–Kier alpha value is -3.84. The van der Waals surface area contributed by atoms with Crippen LogP contribution >= 0.6 is 11.3 Å². The van der Waals surface area contributed by atoms with Crippen molar-refractivity contribution in [2.45, 2.75) is 18.1 Å². The summed E-state index contributed by atoms with van der Waals surface area (Å²) in [6.45, 7) is 3.28. The van der Waals surface area contributed by atoms with Crippen LogP contribution in [0.5, 0.6) is 11.5 Å². The van der Waals surface area contributed by atoms with Gasteiger partial charge < -0.3 is 20.1 Å². The molecule has 0 saturated heterocycles. The molecule has 3 N–H and O–H groups in total.